The van der Waals surface area contributed by atoms with Crippen molar-refractivity contribution < 1.29 is 0 Å². The monoisotopic (exact) mass is 85.1 g/mol. The standard InChI is InChI=1S/2C2H5.Al/c2*1-2;/h2*1H2,2H3;/q;;-1. The Balaban J connectivity index is 2.19. The highest BCUT2D eigenvalue weighted by atomic mass is 27.1. The minimum absolute atomic E-state index is 0.815. The molecule has 0 nitrogen and oxygen atoms in total. The summed E-state index contributed by atoms with van der Waals surface area (Å²) in [6, 6.07) is 0. The summed E-state index contributed by atoms with van der Waals surface area (Å²) in [7, 11) is 0. The molecule has 5 heavy (non-hydrogen) atoms. The van der Waals surface area contributed by atoms with Gasteiger partial charge in [0.2, 0.25) is 0 Å². The molecule has 0 aromatic rings. The average Bonchev–Trinajstić information content (AvgIpc) is 1.41. The van der Waals surface area contributed by atoms with E-state index < -0.39 is 0 Å². The first-order chi connectivity index (χ1) is 2.41. The Morgan fingerprint density at radius 3 is 1.60 bits per heavy atom. The zero-order chi connectivity index (χ0) is 4.12. The van der Waals surface area contributed by atoms with Gasteiger partial charge in [-0.25, -0.2) is 0 Å². The second kappa shape index (κ2) is 4.53. The lowest BCUT2D eigenvalue weighted by atomic mass is 10.9. The van der Waals surface area contributed by atoms with Gasteiger partial charge in [0.15, 0.2) is 0 Å². The first-order valence-corrected chi connectivity index (χ1v) is 3.86. The molecule has 0 spiro atoms. The van der Waals surface area contributed by atoms with Crippen LogP contribution in [-0.4, -0.2) is 15.2 Å². The summed E-state index contributed by atoms with van der Waals surface area (Å²) < 4.78 is 0. The van der Waals surface area contributed by atoms with Gasteiger partial charge in [0.25, 0.3) is 0 Å². The molecule has 0 aromatic heterocycles. The van der Waals surface area contributed by atoms with Crippen molar-refractivity contribution in [3.8, 4) is 0 Å². The highest BCUT2D eigenvalue weighted by Gasteiger charge is 1.50. The fourth-order valence-corrected chi connectivity index (χ4v) is 0.866. The van der Waals surface area contributed by atoms with Gasteiger partial charge < -0.3 is 0 Å². The van der Waals surface area contributed by atoms with Gasteiger partial charge >= 0.3 is 0 Å². The van der Waals surface area contributed by atoms with Crippen LogP contribution in [0.2, 0.25) is 10.6 Å². The third-order valence-corrected chi connectivity index (χ3v) is 1.73. The van der Waals surface area contributed by atoms with Crippen molar-refractivity contribution in [2.75, 3.05) is 0 Å². The largest absolute Gasteiger partial charge is 0.263 e. The SMILES string of the molecule is C[CH2][Al-][CH2]C. The summed E-state index contributed by atoms with van der Waals surface area (Å²) in [5, 5.41) is 2.85. The second-order valence-corrected chi connectivity index (χ2v) is 3.32. The van der Waals surface area contributed by atoms with Gasteiger partial charge in [0.1, 0.15) is 0 Å². The Bertz CT molecular complexity index is 11.1. The van der Waals surface area contributed by atoms with Gasteiger partial charge in [-0.1, -0.05) is 0 Å². The van der Waals surface area contributed by atoms with Crippen LogP contribution in [0.15, 0.2) is 0 Å². The van der Waals surface area contributed by atoms with E-state index in [1.165, 1.54) is 10.6 Å². The zero-order valence-electron chi connectivity index (χ0n) is 3.99. The van der Waals surface area contributed by atoms with Crippen molar-refractivity contribution in [2.45, 2.75) is 24.4 Å². The number of rotatable bonds is 2. The first kappa shape index (κ1) is 5.53. The van der Waals surface area contributed by atoms with Gasteiger partial charge in [0, 0.05) is 0 Å². The molecule has 0 aromatic carbocycles. The van der Waals surface area contributed by atoms with Crippen molar-refractivity contribution in [2.24, 2.45) is 0 Å². The Labute approximate surface area is 40.3 Å². The molecule has 0 amide bonds. The number of hydrogen-bond donors (Lipinski definition) is 0. The Morgan fingerprint density at radius 2 is 1.60 bits per heavy atom. The highest BCUT2D eigenvalue weighted by Crippen LogP contribution is 1.77. The zero-order valence-corrected chi connectivity index (χ0v) is 5.15. The molecule has 0 saturated heterocycles. The van der Waals surface area contributed by atoms with Gasteiger partial charge in [0.05, 0.1) is 0 Å². The van der Waals surface area contributed by atoms with Crippen molar-refractivity contribution in [3.05, 3.63) is 0 Å². The summed E-state index contributed by atoms with van der Waals surface area (Å²) in [6.45, 7) is 4.50. The summed E-state index contributed by atoms with van der Waals surface area (Å²) >= 11 is 0.815. The van der Waals surface area contributed by atoms with E-state index in [1.807, 2.05) is 0 Å². The van der Waals surface area contributed by atoms with Crippen LogP contribution >= 0.6 is 0 Å². The predicted molar refractivity (Wildman–Crippen MR) is 26.7 cm³/mol. The van der Waals surface area contributed by atoms with Crippen LogP contribution in [0.3, 0.4) is 0 Å². The molecule has 0 bridgehead atoms. The minimum atomic E-state index is 0.815. The van der Waals surface area contributed by atoms with Crippen LogP contribution in [0, 0.1) is 0 Å². The molecule has 0 aliphatic heterocycles. The van der Waals surface area contributed by atoms with E-state index in [1.54, 1.807) is 0 Å². The molecular formula is C4H10Al-. The summed E-state index contributed by atoms with van der Waals surface area (Å²) in [5.41, 5.74) is 0. The fraction of sp³-hybridized carbons (Fsp3) is 1.00. The van der Waals surface area contributed by atoms with Crippen molar-refractivity contribution >= 4 is 15.2 Å². The van der Waals surface area contributed by atoms with Crippen molar-refractivity contribution in [3.63, 3.8) is 0 Å². The molecule has 0 unspecified atom stereocenters. The summed E-state index contributed by atoms with van der Waals surface area (Å²) in [4.78, 5) is 0. The molecule has 2 radical (unpaired) electrons. The molecule has 0 saturated carbocycles. The third-order valence-electron chi connectivity index (χ3n) is 0.577. The Morgan fingerprint density at radius 1 is 1.20 bits per heavy atom. The fourth-order valence-electron chi connectivity index (χ4n) is 0.289. The molecule has 0 aliphatic carbocycles. The summed E-state index contributed by atoms with van der Waals surface area (Å²) in [6.07, 6.45) is 0. The lowest BCUT2D eigenvalue weighted by Crippen LogP contribution is -1.76. The van der Waals surface area contributed by atoms with Crippen LogP contribution < -0.4 is 0 Å². The maximum Gasteiger partial charge on any atom is -0.107 e. The van der Waals surface area contributed by atoms with Gasteiger partial charge in [-0.05, 0) is 0 Å². The van der Waals surface area contributed by atoms with Crippen LogP contribution in [0.4, 0.5) is 0 Å². The molecule has 1 heteroatoms. The average molecular weight is 85.1 g/mol. The van der Waals surface area contributed by atoms with E-state index in [0.29, 0.717) is 0 Å². The molecular weight excluding hydrogens is 75.0 g/mol. The molecule has 0 N–H and O–H groups in total. The van der Waals surface area contributed by atoms with Crippen molar-refractivity contribution in [1.29, 1.82) is 0 Å². The number of hydrogen-bond acceptors (Lipinski definition) is 0. The normalized spacial score (nSPS) is 8.40. The lowest BCUT2D eigenvalue weighted by Gasteiger charge is -1.97. The topological polar surface area (TPSA) is 0 Å². The van der Waals surface area contributed by atoms with Gasteiger partial charge in [-0.2, -0.15) is 0 Å². The molecule has 0 fully saturated rings. The highest BCUT2D eigenvalue weighted by molar-refractivity contribution is 6.34. The quantitative estimate of drug-likeness (QED) is 0.446. The van der Waals surface area contributed by atoms with E-state index in [9.17, 15) is 0 Å². The smallest absolute Gasteiger partial charge is 0.107 e. The maximum absolute atomic E-state index is 2.25. The lowest BCUT2D eigenvalue weighted by molar-refractivity contribution is 1.36. The molecule has 0 atom stereocenters. The van der Waals surface area contributed by atoms with E-state index in [4.69, 9.17) is 0 Å². The first-order valence-electron chi connectivity index (χ1n) is 2.23. The van der Waals surface area contributed by atoms with Gasteiger partial charge in [-0.15, -0.1) is 13.8 Å². The van der Waals surface area contributed by atoms with Crippen LogP contribution in [-0.2, 0) is 0 Å². The van der Waals surface area contributed by atoms with E-state index in [0.717, 1.165) is 15.2 Å². The van der Waals surface area contributed by atoms with Crippen LogP contribution in [0.1, 0.15) is 13.8 Å². The van der Waals surface area contributed by atoms with Crippen LogP contribution in [0.25, 0.3) is 0 Å². The second-order valence-electron chi connectivity index (χ2n) is 1.11. The summed E-state index contributed by atoms with van der Waals surface area (Å²) in [5.74, 6) is 0. The molecule has 0 heterocycles. The van der Waals surface area contributed by atoms with E-state index in [2.05, 4.69) is 13.8 Å². The Kier molecular flexibility index (Phi) is 5.02. The van der Waals surface area contributed by atoms with Crippen LogP contribution in [0.5, 0.6) is 0 Å². The van der Waals surface area contributed by atoms with E-state index >= 15 is 0 Å². The Hall–Kier alpha value is 0.532. The maximum atomic E-state index is 2.25. The minimum Gasteiger partial charge on any atom is -0.263 e. The predicted octanol–water partition coefficient (Wildman–Crippen LogP) is 1.57. The molecule has 30 valence electrons. The van der Waals surface area contributed by atoms with Crippen molar-refractivity contribution in [1.82, 2.24) is 0 Å². The molecule has 0 rings (SSSR count). The molecule has 0 aliphatic rings. The van der Waals surface area contributed by atoms with Gasteiger partial charge in [-0.3, -0.25) is 25.8 Å². The third kappa shape index (κ3) is 4.53. The van der Waals surface area contributed by atoms with E-state index in [-0.39, 0.29) is 0 Å².